The molecule has 1 atom stereocenters. The van der Waals surface area contributed by atoms with Gasteiger partial charge < -0.3 is 14.5 Å². The number of para-hydroxylation sites is 1. The van der Waals surface area contributed by atoms with Gasteiger partial charge in [-0.2, -0.15) is 0 Å². The smallest absolute Gasteiger partial charge is 0.196 e. The number of benzene rings is 2. The van der Waals surface area contributed by atoms with Gasteiger partial charge in [-0.25, -0.2) is 14.4 Å². The average Bonchev–Trinajstić information content (AvgIpc) is 3.02. The molecule has 25 heavy (non-hydrogen) atoms. The minimum atomic E-state index is -0.285. The van der Waals surface area contributed by atoms with Crippen LogP contribution in [0.3, 0.4) is 0 Å². The van der Waals surface area contributed by atoms with Crippen LogP contribution in [0.1, 0.15) is 18.0 Å². The molecule has 0 aliphatic carbocycles. The monoisotopic (exact) mass is 335 g/mol. The number of furan rings is 1. The van der Waals surface area contributed by atoms with E-state index in [0.717, 1.165) is 22.0 Å². The van der Waals surface area contributed by atoms with E-state index in [1.54, 1.807) is 6.07 Å². The number of halogens is 1. The molecule has 3 heterocycles. The van der Waals surface area contributed by atoms with Gasteiger partial charge in [0.2, 0.25) is 0 Å². The molecule has 0 bridgehead atoms. The highest BCUT2D eigenvalue weighted by Gasteiger charge is 2.24. The van der Waals surface area contributed by atoms with Gasteiger partial charge in [-0.3, -0.25) is 0 Å². The number of ether oxygens (including phenoxy) is 1. The van der Waals surface area contributed by atoms with Gasteiger partial charge in [0.15, 0.2) is 11.4 Å². The van der Waals surface area contributed by atoms with Gasteiger partial charge in [-0.05, 0) is 30.3 Å². The van der Waals surface area contributed by atoms with Crippen LogP contribution in [-0.4, -0.2) is 16.6 Å². The van der Waals surface area contributed by atoms with E-state index >= 15 is 0 Å². The van der Waals surface area contributed by atoms with E-state index in [1.807, 2.05) is 24.3 Å². The van der Waals surface area contributed by atoms with E-state index in [9.17, 15) is 4.39 Å². The fourth-order valence-corrected chi connectivity index (χ4v) is 3.31. The molecular formula is C19H14FN3O2. The standard InChI is InChI=1S/C19H14FN3O2/c20-11-5-6-15-13(9-11)14(7-8-24-15)23-19-18-17(21-10-22-19)12-3-1-2-4-16(12)25-18/h1-6,9-10,14H,7-8H2,(H,21,22,23). The number of nitrogens with zero attached hydrogens (tertiary/aromatic N) is 2. The lowest BCUT2D eigenvalue weighted by Gasteiger charge is -2.27. The molecule has 4 aromatic rings. The fraction of sp³-hybridized carbons (Fsp3) is 0.158. The summed E-state index contributed by atoms with van der Waals surface area (Å²) in [5, 5.41) is 4.32. The lowest BCUT2D eigenvalue weighted by atomic mass is 10.0. The lowest BCUT2D eigenvalue weighted by molar-refractivity contribution is 0.273. The molecule has 1 aliphatic rings. The van der Waals surface area contributed by atoms with E-state index < -0.39 is 0 Å². The molecule has 5 nitrogen and oxygen atoms in total. The Bertz CT molecular complexity index is 1090. The Morgan fingerprint density at radius 2 is 2.04 bits per heavy atom. The van der Waals surface area contributed by atoms with Crippen molar-refractivity contribution in [3.05, 3.63) is 60.2 Å². The molecule has 0 saturated heterocycles. The summed E-state index contributed by atoms with van der Waals surface area (Å²) < 4.78 is 25.2. The van der Waals surface area contributed by atoms with Gasteiger partial charge in [0, 0.05) is 17.4 Å². The Labute approximate surface area is 142 Å². The Morgan fingerprint density at radius 3 is 3.00 bits per heavy atom. The predicted octanol–water partition coefficient (Wildman–Crippen LogP) is 4.45. The molecule has 0 spiro atoms. The lowest BCUT2D eigenvalue weighted by Crippen LogP contribution is -2.21. The first-order valence-corrected chi connectivity index (χ1v) is 8.10. The second-order valence-corrected chi connectivity index (χ2v) is 6.01. The number of aromatic nitrogens is 2. The van der Waals surface area contributed by atoms with E-state index in [4.69, 9.17) is 9.15 Å². The largest absolute Gasteiger partial charge is 0.493 e. The van der Waals surface area contributed by atoms with E-state index in [1.165, 1.54) is 18.5 Å². The average molecular weight is 335 g/mol. The van der Waals surface area contributed by atoms with Crippen LogP contribution in [0, 0.1) is 5.82 Å². The molecule has 1 N–H and O–H groups in total. The molecule has 1 aliphatic heterocycles. The predicted molar refractivity (Wildman–Crippen MR) is 92.2 cm³/mol. The number of rotatable bonds is 2. The van der Waals surface area contributed by atoms with Crippen molar-refractivity contribution >= 4 is 27.9 Å². The van der Waals surface area contributed by atoms with Crippen molar-refractivity contribution < 1.29 is 13.5 Å². The van der Waals surface area contributed by atoms with Crippen molar-refractivity contribution in [2.45, 2.75) is 12.5 Å². The van der Waals surface area contributed by atoms with Gasteiger partial charge in [-0.1, -0.05) is 12.1 Å². The second kappa shape index (κ2) is 5.44. The Balaban J connectivity index is 1.61. The first-order chi connectivity index (χ1) is 12.3. The van der Waals surface area contributed by atoms with Crippen molar-refractivity contribution in [1.29, 1.82) is 0 Å². The number of anilines is 1. The summed E-state index contributed by atoms with van der Waals surface area (Å²) in [7, 11) is 0. The number of hydrogen-bond acceptors (Lipinski definition) is 5. The highest BCUT2D eigenvalue weighted by molar-refractivity contribution is 6.05. The minimum absolute atomic E-state index is 0.106. The van der Waals surface area contributed by atoms with Crippen LogP contribution >= 0.6 is 0 Å². The summed E-state index contributed by atoms with van der Waals surface area (Å²) >= 11 is 0. The molecule has 6 heteroatoms. The van der Waals surface area contributed by atoms with E-state index in [-0.39, 0.29) is 11.9 Å². The highest BCUT2D eigenvalue weighted by Crippen LogP contribution is 2.37. The van der Waals surface area contributed by atoms with Crippen molar-refractivity contribution in [1.82, 2.24) is 9.97 Å². The van der Waals surface area contributed by atoms with E-state index in [0.29, 0.717) is 30.2 Å². The number of nitrogens with one attached hydrogen (secondary N) is 1. The summed E-state index contributed by atoms with van der Waals surface area (Å²) in [6.07, 6.45) is 2.22. The van der Waals surface area contributed by atoms with Gasteiger partial charge in [0.25, 0.3) is 0 Å². The third kappa shape index (κ3) is 2.29. The van der Waals surface area contributed by atoms with Crippen molar-refractivity contribution in [3.8, 4) is 5.75 Å². The second-order valence-electron chi connectivity index (χ2n) is 6.01. The Kier molecular flexibility index (Phi) is 3.09. The van der Waals surface area contributed by atoms with Crippen molar-refractivity contribution in [3.63, 3.8) is 0 Å². The van der Waals surface area contributed by atoms with Gasteiger partial charge in [-0.15, -0.1) is 0 Å². The van der Waals surface area contributed by atoms with Crippen LogP contribution in [-0.2, 0) is 0 Å². The maximum atomic E-state index is 13.7. The molecular weight excluding hydrogens is 321 g/mol. The molecule has 1 unspecified atom stereocenters. The maximum Gasteiger partial charge on any atom is 0.196 e. The Morgan fingerprint density at radius 1 is 1.12 bits per heavy atom. The molecule has 2 aromatic carbocycles. The topological polar surface area (TPSA) is 60.2 Å². The van der Waals surface area contributed by atoms with E-state index in [2.05, 4.69) is 15.3 Å². The minimum Gasteiger partial charge on any atom is -0.493 e. The van der Waals surface area contributed by atoms with Crippen LogP contribution in [0.5, 0.6) is 5.75 Å². The zero-order chi connectivity index (χ0) is 16.8. The molecule has 0 amide bonds. The molecule has 0 fully saturated rings. The molecule has 0 radical (unpaired) electrons. The van der Waals surface area contributed by atoms with Crippen LogP contribution in [0.15, 0.2) is 53.2 Å². The fourth-order valence-electron chi connectivity index (χ4n) is 3.31. The van der Waals surface area contributed by atoms with Crippen LogP contribution < -0.4 is 10.1 Å². The van der Waals surface area contributed by atoms with Crippen molar-refractivity contribution in [2.75, 3.05) is 11.9 Å². The highest BCUT2D eigenvalue weighted by atomic mass is 19.1. The van der Waals surface area contributed by atoms with Crippen LogP contribution in [0.4, 0.5) is 10.2 Å². The zero-order valence-corrected chi connectivity index (χ0v) is 13.2. The molecule has 5 rings (SSSR count). The van der Waals surface area contributed by atoms with Crippen molar-refractivity contribution in [2.24, 2.45) is 0 Å². The summed E-state index contributed by atoms with van der Waals surface area (Å²) in [4.78, 5) is 8.69. The first kappa shape index (κ1) is 14.2. The van der Waals surface area contributed by atoms with Crippen LogP contribution in [0.25, 0.3) is 22.1 Å². The quantitative estimate of drug-likeness (QED) is 0.586. The van der Waals surface area contributed by atoms with Gasteiger partial charge in [0.1, 0.15) is 29.0 Å². The normalized spacial score (nSPS) is 16.6. The molecule has 2 aromatic heterocycles. The summed E-state index contributed by atoms with van der Waals surface area (Å²) in [6.45, 7) is 0.560. The summed E-state index contributed by atoms with van der Waals surface area (Å²) in [5.74, 6) is 1.01. The number of hydrogen-bond donors (Lipinski definition) is 1. The third-order valence-corrected chi connectivity index (χ3v) is 4.48. The van der Waals surface area contributed by atoms with Gasteiger partial charge >= 0.3 is 0 Å². The molecule has 124 valence electrons. The Hall–Kier alpha value is -3.15. The number of fused-ring (bicyclic) bond motifs is 4. The van der Waals surface area contributed by atoms with Gasteiger partial charge in [0.05, 0.1) is 12.6 Å². The summed E-state index contributed by atoms with van der Waals surface area (Å²) in [5.41, 5.74) is 2.92. The SMILES string of the molecule is Fc1ccc2c(c1)C(Nc1ncnc3c1oc1ccccc13)CCO2. The third-order valence-electron chi connectivity index (χ3n) is 4.48. The van der Waals surface area contributed by atoms with Crippen LogP contribution in [0.2, 0.25) is 0 Å². The molecule has 0 saturated carbocycles. The first-order valence-electron chi connectivity index (χ1n) is 8.10. The zero-order valence-electron chi connectivity index (χ0n) is 13.2. The summed E-state index contributed by atoms with van der Waals surface area (Å²) in [6, 6.07) is 12.2. The maximum absolute atomic E-state index is 13.7.